The van der Waals surface area contributed by atoms with Gasteiger partial charge in [-0.15, -0.1) is 0 Å². The van der Waals surface area contributed by atoms with Gasteiger partial charge in [-0.3, -0.25) is 0 Å². The van der Waals surface area contributed by atoms with E-state index in [4.69, 9.17) is 0 Å². The normalized spacial score (nSPS) is 20.5. The SMILES string of the molecule is CCC1=C(CC)C(CC)(CC)[C]([Mg][C]2=C(CC)C(CC)=C(CC)C2(CC)CC)=C1CC. The second-order valence-electron chi connectivity index (χ2n) is 9.70. The predicted octanol–water partition coefficient (Wildman–Crippen LogP) is 9.89. The molecular weight excluding hydrogens is 385 g/mol. The van der Waals surface area contributed by atoms with Gasteiger partial charge in [-0.05, 0) is 86.2 Å². The van der Waals surface area contributed by atoms with Crippen LogP contribution in [-0.4, -0.2) is 20.4 Å². The first kappa shape index (κ1) is 27.0. The highest BCUT2D eigenvalue weighted by molar-refractivity contribution is 6.56. The zero-order valence-electron chi connectivity index (χ0n) is 22.8. The minimum absolute atomic E-state index is 0.359. The van der Waals surface area contributed by atoms with Crippen LogP contribution < -0.4 is 0 Å². The molecule has 0 bridgehead atoms. The number of hydrogen-bond acceptors (Lipinski definition) is 0. The lowest BCUT2D eigenvalue weighted by atomic mass is 9.75. The Morgan fingerprint density at radius 1 is 0.419 bits per heavy atom. The third-order valence-electron chi connectivity index (χ3n) is 9.39. The summed E-state index contributed by atoms with van der Waals surface area (Å²) >= 11 is -0.493. The first-order chi connectivity index (χ1) is 14.9. The van der Waals surface area contributed by atoms with Crippen LogP contribution in [0.3, 0.4) is 0 Å². The topological polar surface area (TPSA) is 0 Å². The Morgan fingerprint density at radius 3 is 0.903 bits per heavy atom. The van der Waals surface area contributed by atoms with Crippen molar-refractivity contribution in [1.82, 2.24) is 0 Å². The largest absolute Gasteiger partial charge is 0.441 e. The minimum atomic E-state index is -0.493. The summed E-state index contributed by atoms with van der Waals surface area (Å²) in [4.78, 5) is 0. The highest BCUT2D eigenvalue weighted by Crippen LogP contribution is 2.59. The Bertz CT molecular complexity index is 709. The average molecular weight is 435 g/mol. The molecule has 0 fully saturated rings. The molecule has 2 rings (SSSR count). The van der Waals surface area contributed by atoms with Gasteiger partial charge in [0, 0.05) is 0 Å². The third kappa shape index (κ3) is 3.99. The highest BCUT2D eigenvalue weighted by atomic mass is 24.5. The molecule has 0 aromatic carbocycles. The maximum Gasteiger partial charge on any atom is 0.441 e. The van der Waals surface area contributed by atoms with Crippen molar-refractivity contribution in [2.45, 2.75) is 133 Å². The van der Waals surface area contributed by atoms with Gasteiger partial charge in [0.15, 0.2) is 0 Å². The molecule has 2 aliphatic carbocycles. The van der Waals surface area contributed by atoms with Crippen molar-refractivity contribution in [3.8, 4) is 0 Å². The molecule has 0 spiro atoms. The monoisotopic (exact) mass is 434 g/mol. The van der Waals surface area contributed by atoms with E-state index in [-0.39, 0.29) is 0 Å². The van der Waals surface area contributed by atoms with Gasteiger partial charge >= 0.3 is 20.4 Å². The van der Waals surface area contributed by atoms with Crippen LogP contribution in [0.2, 0.25) is 0 Å². The van der Waals surface area contributed by atoms with Crippen LogP contribution in [0.5, 0.6) is 0 Å². The summed E-state index contributed by atoms with van der Waals surface area (Å²) in [5.74, 6) is 0. The molecule has 2 aliphatic rings. The van der Waals surface area contributed by atoms with Crippen molar-refractivity contribution in [3.63, 3.8) is 0 Å². The van der Waals surface area contributed by atoms with Gasteiger partial charge in [0.25, 0.3) is 0 Å². The van der Waals surface area contributed by atoms with Crippen LogP contribution >= 0.6 is 0 Å². The zero-order valence-corrected chi connectivity index (χ0v) is 24.2. The summed E-state index contributed by atoms with van der Waals surface area (Å²) < 4.78 is 3.91. The van der Waals surface area contributed by atoms with Crippen molar-refractivity contribution in [3.05, 3.63) is 40.8 Å². The van der Waals surface area contributed by atoms with E-state index in [9.17, 15) is 0 Å². The highest BCUT2D eigenvalue weighted by Gasteiger charge is 2.47. The van der Waals surface area contributed by atoms with E-state index in [1.54, 1.807) is 22.3 Å². The lowest BCUT2D eigenvalue weighted by molar-refractivity contribution is 0.399. The van der Waals surface area contributed by atoms with E-state index in [0.29, 0.717) is 10.8 Å². The second kappa shape index (κ2) is 11.2. The van der Waals surface area contributed by atoms with E-state index in [2.05, 4.69) is 69.2 Å². The van der Waals surface area contributed by atoms with E-state index in [1.807, 2.05) is 18.6 Å². The molecule has 0 aromatic rings. The molecule has 0 nitrogen and oxygen atoms in total. The first-order valence-corrected chi connectivity index (χ1v) is 15.2. The molecule has 0 saturated carbocycles. The average Bonchev–Trinajstić information content (AvgIpc) is 3.23. The van der Waals surface area contributed by atoms with Gasteiger partial charge in [0.05, 0.1) is 0 Å². The number of allylic oxidation sites excluding steroid dienone is 8. The molecule has 0 amide bonds. The fourth-order valence-corrected chi connectivity index (χ4v) is 11.8. The van der Waals surface area contributed by atoms with Crippen molar-refractivity contribution >= 4 is 20.4 Å². The predicted molar refractivity (Wildman–Crippen MR) is 142 cm³/mol. The van der Waals surface area contributed by atoms with Crippen molar-refractivity contribution in [2.24, 2.45) is 10.8 Å². The van der Waals surface area contributed by atoms with Crippen molar-refractivity contribution in [1.29, 1.82) is 0 Å². The molecule has 0 N–H and O–H groups in total. The molecule has 0 heterocycles. The van der Waals surface area contributed by atoms with Crippen molar-refractivity contribution in [2.75, 3.05) is 0 Å². The Hall–Kier alpha value is -0.274. The van der Waals surface area contributed by atoms with E-state index in [1.165, 1.54) is 64.2 Å². The Balaban J connectivity index is 2.79. The quantitative estimate of drug-likeness (QED) is 0.268. The van der Waals surface area contributed by atoms with Gasteiger partial charge in [0.2, 0.25) is 0 Å². The maximum absolute atomic E-state index is 2.48. The van der Waals surface area contributed by atoms with Crippen LogP contribution in [0.25, 0.3) is 0 Å². The molecule has 0 aromatic heterocycles. The summed E-state index contributed by atoms with van der Waals surface area (Å²) in [5, 5.41) is 0. The minimum Gasteiger partial charge on any atom is -0.173 e. The molecule has 172 valence electrons. The molecule has 0 saturated heterocycles. The molecule has 0 aliphatic heterocycles. The Labute approximate surface area is 204 Å². The molecule has 31 heavy (non-hydrogen) atoms. The molecular formula is C30H50Mg. The summed E-state index contributed by atoms with van der Waals surface area (Å²) in [5.41, 5.74) is 11.4. The molecule has 0 unspecified atom stereocenters. The molecule has 0 radical (unpaired) electrons. The van der Waals surface area contributed by atoms with Crippen LogP contribution in [0, 0.1) is 10.8 Å². The molecule has 1 heteroatoms. The summed E-state index contributed by atoms with van der Waals surface area (Å²) in [6.45, 7) is 24.4. The Morgan fingerprint density at radius 2 is 0.710 bits per heavy atom. The third-order valence-corrected chi connectivity index (χ3v) is 12.3. The van der Waals surface area contributed by atoms with Crippen LogP contribution in [-0.2, 0) is 0 Å². The van der Waals surface area contributed by atoms with Gasteiger partial charge in [-0.25, -0.2) is 0 Å². The summed E-state index contributed by atoms with van der Waals surface area (Å²) in [7, 11) is 0. The van der Waals surface area contributed by atoms with E-state index < -0.39 is 20.4 Å². The fourth-order valence-electron chi connectivity index (χ4n) is 7.99. The van der Waals surface area contributed by atoms with Crippen LogP contribution in [0.1, 0.15) is 133 Å². The van der Waals surface area contributed by atoms with E-state index >= 15 is 0 Å². The van der Waals surface area contributed by atoms with Crippen LogP contribution in [0.4, 0.5) is 0 Å². The van der Waals surface area contributed by atoms with Gasteiger partial charge < -0.3 is 0 Å². The number of rotatable bonds is 12. The van der Waals surface area contributed by atoms with E-state index in [0.717, 1.165) is 0 Å². The number of hydrogen-bond donors (Lipinski definition) is 0. The first-order valence-electron chi connectivity index (χ1n) is 13.8. The Kier molecular flexibility index (Phi) is 9.78. The smallest absolute Gasteiger partial charge is 0.173 e. The maximum atomic E-state index is 2.48. The summed E-state index contributed by atoms with van der Waals surface area (Å²) in [6, 6.07) is 0. The standard InChI is InChI=1S/2C15H25.Mg/c2*1-6-12-11-15(9-4,10-5)14(8-3)13(12)7-2;/h2*6-10H2,1-5H3;. The van der Waals surface area contributed by atoms with Gasteiger partial charge in [0.1, 0.15) is 0 Å². The van der Waals surface area contributed by atoms with Gasteiger partial charge in [-0.1, -0.05) is 91.5 Å². The second-order valence-corrected chi connectivity index (χ2v) is 11.5. The lowest BCUT2D eigenvalue weighted by Gasteiger charge is -2.40. The van der Waals surface area contributed by atoms with Crippen molar-refractivity contribution < 1.29 is 0 Å². The molecule has 0 atom stereocenters. The zero-order chi connectivity index (χ0) is 23.4. The van der Waals surface area contributed by atoms with Gasteiger partial charge in [-0.2, -0.15) is 7.40 Å². The lowest BCUT2D eigenvalue weighted by Crippen LogP contribution is -2.32. The van der Waals surface area contributed by atoms with Crippen LogP contribution in [0.15, 0.2) is 40.8 Å². The fraction of sp³-hybridized carbons (Fsp3) is 0.733. The summed E-state index contributed by atoms with van der Waals surface area (Å²) in [6.07, 6.45) is 12.5.